The average molecular weight is 189 g/mol. The molecule has 1 heterocycles. The first kappa shape index (κ1) is 10.4. The molecule has 1 saturated heterocycles. The van der Waals surface area contributed by atoms with Crippen LogP contribution < -0.4 is 5.32 Å². The van der Waals surface area contributed by atoms with Gasteiger partial charge in [-0.05, 0) is 6.42 Å². The fourth-order valence-electron chi connectivity index (χ4n) is 1.22. The molecule has 4 heteroatoms. The number of amides is 1. The minimum Gasteiger partial charge on any atom is -0.378 e. The summed E-state index contributed by atoms with van der Waals surface area (Å²) in [5.74, 6) is -0.176. The van der Waals surface area contributed by atoms with Gasteiger partial charge < -0.3 is 10.1 Å². The number of carbonyl (C=O) groups excluding carboxylic acids is 1. The second-order valence-electron chi connectivity index (χ2n) is 3.65. The fraction of sp³-hybridized carbons (Fsp3) is 0.889. The summed E-state index contributed by atoms with van der Waals surface area (Å²) >= 11 is 0. The van der Waals surface area contributed by atoms with E-state index in [0.29, 0.717) is 13.0 Å². The molecule has 0 saturated carbocycles. The Morgan fingerprint density at radius 3 is 2.85 bits per heavy atom. The zero-order valence-electron chi connectivity index (χ0n) is 8.05. The van der Waals surface area contributed by atoms with Crippen LogP contribution >= 0.6 is 0 Å². The summed E-state index contributed by atoms with van der Waals surface area (Å²) < 4.78 is 18.1. The van der Waals surface area contributed by atoms with E-state index in [9.17, 15) is 9.18 Å². The smallest absolute Gasteiger partial charge is 0.222 e. The lowest BCUT2D eigenvalue weighted by Crippen LogP contribution is -2.48. The highest BCUT2D eigenvalue weighted by molar-refractivity contribution is 5.78. The van der Waals surface area contributed by atoms with E-state index >= 15 is 0 Å². The summed E-state index contributed by atoms with van der Waals surface area (Å²) in [6, 6.07) is -0.358. The predicted molar refractivity (Wildman–Crippen MR) is 47.1 cm³/mol. The lowest BCUT2D eigenvalue weighted by Gasteiger charge is -2.27. The zero-order chi connectivity index (χ0) is 9.84. The number of rotatable bonds is 2. The molecule has 1 aliphatic rings. The fourth-order valence-corrected chi connectivity index (χ4v) is 1.22. The Kier molecular flexibility index (Phi) is 3.66. The lowest BCUT2D eigenvalue weighted by atomic mass is 10.1. The minimum absolute atomic E-state index is 0.0879. The summed E-state index contributed by atoms with van der Waals surface area (Å²) in [4.78, 5) is 11.2. The number of hydrogen-bond acceptors (Lipinski definition) is 2. The van der Waals surface area contributed by atoms with E-state index in [1.165, 1.54) is 0 Å². The highest BCUT2D eigenvalue weighted by Crippen LogP contribution is 2.11. The molecule has 0 radical (unpaired) electrons. The average Bonchev–Trinajstić information content (AvgIpc) is 2.08. The van der Waals surface area contributed by atoms with Crippen LogP contribution in [0.5, 0.6) is 0 Å². The first-order chi connectivity index (χ1) is 6.11. The van der Waals surface area contributed by atoms with E-state index in [2.05, 4.69) is 5.32 Å². The Balaban J connectivity index is 2.38. The SMILES string of the molecule is CC(C)C(=O)NC1CCOCC1F. The molecule has 2 unspecified atom stereocenters. The van der Waals surface area contributed by atoms with Gasteiger partial charge in [-0.15, -0.1) is 0 Å². The molecule has 76 valence electrons. The maximum atomic E-state index is 13.1. The maximum absolute atomic E-state index is 13.1. The van der Waals surface area contributed by atoms with E-state index < -0.39 is 6.17 Å². The Morgan fingerprint density at radius 1 is 1.62 bits per heavy atom. The minimum atomic E-state index is -1.06. The van der Waals surface area contributed by atoms with Crippen LogP contribution in [0, 0.1) is 5.92 Å². The van der Waals surface area contributed by atoms with Gasteiger partial charge in [0, 0.05) is 12.5 Å². The van der Waals surface area contributed by atoms with Crippen LogP contribution in [0.25, 0.3) is 0 Å². The largest absolute Gasteiger partial charge is 0.378 e. The molecule has 1 amide bonds. The van der Waals surface area contributed by atoms with Gasteiger partial charge in [-0.1, -0.05) is 13.8 Å². The first-order valence-electron chi connectivity index (χ1n) is 4.63. The van der Waals surface area contributed by atoms with Crippen molar-refractivity contribution in [3.63, 3.8) is 0 Å². The molecule has 13 heavy (non-hydrogen) atoms. The Labute approximate surface area is 77.6 Å². The quantitative estimate of drug-likeness (QED) is 0.700. The zero-order valence-corrected chi connectivity index (χ0v) is 8.05. The summed E-state index contributed by atoms with van der Waals surface area (Å²) in [6.45, 7) is 4.22. The molecule has 0 aromatic carbocycles. The summed E-state index contributed by atoms with van der Waals surface area (Å²) in [5.41, 5.74) is 0. The second kappa shape index (κ2) is 4.56. The number of hydrogen-bond donors (Lipinski definition) is 1. The molecule has 2 atom stereocenters. The molecule has 1 rings (SSSR count). The topological polar surface area (TPSA) is 38.3 Å². The van der Waals surface area contributed by atoms with Gasteiger partial charge in [0.15, 0.2) is 0 Å². The molecule has 1 N–H and O–H groups in total. The predicted octanol–water partition coefficient (Wildman–Crippen LogP) is 0.886. The molecule has 0 bridgehead atoms. The molecule has 1 aliphatic heterocycles. The van der Waals surface area contributed by atoms with Gasteiger partial charge in [0.2, 0.25) is 5.91 Å². The Hall–Kier alpha value is -0.640. The van der Waals surface area contributed by atoms with Crippen molar-refractivity contribution in [3.8, 4) is 0 Å². The summed E-state index contributed by atoms with van der Waals surface area (Å²) in [7, 11) is 0. The second-order valence-corrected chi connectivity index (χ2v) is 3.65. The molecule has 0 aromatic heterocycles. The van der Waals surface area contributed by atoms with Crippen molar-refractivity contribution >= 4 is 5.91 Å². The van der Waals surface area contributed by atoms with E-state index in [1.54, 1.807) is 13.8 Å². The Morgan fingerprint density at radius 2 is 2.31 bits per heavy atom. The number of carbonyl (C=O) groups is 1. The molecule has 1 fully saturated rings. The van der Waals surface area contributed by atoms with Gasteiger partial charge in [0.05, 0.1) is 12.6 Å². The molecular weight excluding hydrogens is 173 g/mol. The summed E-state index contributed by atoms with van der Waals surface area (Å²) in [5, 5.41) is 2.67. The van der Waals surface area contributed by atoms with Crippen LogP contribution in [0.3, 0.4) is 0 Å². The van der Waals surface area contributed by atoms with Crippen LogP contribution in [0.1, 0.15) is 20.3 Å². The number of alkyl halides is 1. The number of halogens is 1. The van der Waals surface area contributed by atoms with Crippen LogP contribution in [-0.4, -0.2) is 31.3 Å². The van der Waals surface area contributed by atoms with Crippen molar-refractivity contribution in [2.24, 2.45) is 5.92 Å². The third kappa shape index (κ3) is 2.95. The van der Waals surface area contributed by atoms with Crippen molar-refractivity contribution in [3.05, 3.63) is 0 Å². The van der Waals surface area contributed by atoms with Crippen molar-refractivity contribution in [1.29, 1.82) is 0 Å². The summed E-state index contributed by atoms with van der Waals surface area (Å²) in [6.07, 6.45) is -0.490. The van der Waals surface area contributed by atoms with Gasteiger partial charge in [0.25, 0.3) is 0 Å². The van der Waals surface area contributed by atoms with Crippen LogP contribution in [0.4, 0.5) is 4.39 Å². The Bertz CT molecular complexity index is 184. The van der Waals surface area contributed by atoms with E-state index in [0.717, 1.165) is 0 Å². The van der Waals surface area contributed by atoms with Gasteiger partial charge in [0.1, 0.15) is 6.17 Å². The maximum Gasteiger partial charge on any atom is 0.222 e. The molecular formula is C9H16FNO2. The van der Waals surface area contributed by atoms with Crippen molar-refractivity contribution in [2.75, 3.05) is 13.2 Å². The van der Waals surface area contributed by atoms with Gasteiger partial charge in [-0.3, -0.25) is 4.79 Å². The van der Waals surface area contributed by atoms with Crippen molar-refractivity contribution < 1.29 is 13.9 Å². The normalized spacial score (nSPS) is 28.9. The molecule has 3 nitrogen and oxygen atoms in total. The van der Waals surface area contributed by atoms with Crippen LogP contribution in [-0.2, 0) is 9.53 Å². The van der Waals surface area contributed by atoms with E-state index in [4.69, 9.17) is 4.74 Å². The van der Waals surface area contributed by atoms with Crippen molar-refractivity contribution in [1.82, 2.24) is 5.32 Å². The van der Waals surface area contributed by atoms with E-state index in [-0.39, 0.29) is 24.5 Å². The van der Waals surface area contributed by atoms with Crippen LogP contribution in [0.15, 0.2) is 0 Å². The van der Waals surface area contributed by atoms with Gasteiger partial charge >= 0.3 is 0 Å². The van der Waals surface area contributed by atoms with Gasteiger partial charge in [-0.2, -0.15) is 0 Å². The van der Waals surface area contributed by atoms with Crippen molar-refractivity contribution in [2.45, 2.75) is 32.5 Å². The molecule has 0 spiro atoms. The standard InChI is InChI=1S/C9H16FNO2/c1-6(2)9(12)11-8-3-4-13-5-7(8)10/h6-8H,3-5H2,1-2H3,(H,11,12). The monoisotopic (exact) mass is 189 g/mol. The highest BCUT2D eigenvalue weighted by atomic mass is 19.1. The van der Waals surface area contributed by atoms with E-state index in [1.807, 2.05) is 0 Å². The number of nitrogens with one attached hydrogen (secondary N) is 1. The van der Waals surface area contributed by atoms with Gasteiger partial charge in [-0.25, -0.2) is 4.39 Å². The lowest BCUT2D eigenvalue weighted by molar-refractivity contribution is -0.126. The van der Waals surface area contributed by atoms with Crippen LogP contribution in [0.2, 0.25) is 0 Å². The number of ether oxygens (including phenoxy) is 1. The molecule has 0 aromatic rings. The third-order valence-corrected chi connectivity index (χ3v) is 2.14. The highest BCUT2D eigenvalue weighted by Gasteiger charge is 2.27. The third-order valence-electron chi connectivity index (χ3n) is 2.14. The molecule has 0 aliphatic carbocycles. The first-order valence-corrected chi connectivity index (χ1v) is 4.63.